The fourth-order valence-electron chi connectivity index (χ4n) is 4.15. The molecule has 178 valence electrons. The van der Waals surface area contributed by atoms with Crippen LogP contribution in [0.5, 0.6) is 11.8 Å². The van der Waals surface area contributed by atoms with Crippen molar-refractivity contribution in [3.63, 3.8) is 0 Å². The number of hydrogen-bond acceptors (Lipinski definition) is 6. The van der Waals surface area contributed by atoms with Gasteiger partial charge in [-0.1, -0.05) is 12.1 Å². The van der Waals surface area contributed by atoms with E-state index in [0.717, 1.165) is 22.2 Å². The van der Waals surface area contributed by atoms with E-state index in [1.165, 1.54) is 0 Å². The zero-order valence-electron chi connectivity index (χ0n) is 19.7. The summed E-state index contributed by atoms with van der Waals surface area (Å²) >= 11 is 0. The second-order valence-electron chi connectivity index (χ2n) is 9.24. The predicted molar refractivity (Wildman–Crippen MR) is 135 cm³/mol. The van der Waals surface area contributed by atoms with Crippen molar-refractivity contribution < 1.29 is 13.2 Å². The second-order valence-corrected chi connectivity index (χ2v) is 11.4. The molecule has 0 amide bonds. The van der Waals surface area contributed by atoms with Gasteiger partial charge in [-0.05, 0) is 69.5 Å². The van der Waals surface area contributed by atoms with Crippen LogP contribution in [0.3, 0.4) is 0 Å². The number of fused-ring (bicyclic) bond motifs is 1. The van der Waals surface area contributed by atoms with Gasteiger partial charge in [0.15, 0.2) is 0 Å². The molecule has 1 fully saturated rings. The summed E-state index contributed by atoms with van der Waals surface area (Å²) in [6.45, 7) is 5.86. The van der Waals surface area contributed by atoms with Crippen molar-refractivity contribution in [2.24, 2.45) is 0 Å². The van der Waals surface area contributed by atoms with Gasteiger partial charge in [-0.25, -0.2) is 18.4 Å². The van der Waals surface area contributed by atoms with Crippen LogP contribution < -0.4 is 9.46 Å². The number of hydrogen-bond donors (Lipinski definition) is 1. The Kier molecular flexibility index (Phi) is 5.49. The zero-order chi connectivity index (χ0) is 24.8. The normalized spacial score (nSPS) is 14.6. The molecule has 35 heavy (non-hydrogen) atoms. The molecular formula is C26H25N5O3S. The quantitative estimate of drug-likeness (QED) is 0.361. The number of ether oxygens (including phenoxy) is 1. The van der Waals surface area contributed by atoms with E-state index >= 15 is 0 Å². The van der Waals surface area contributed by atoms with Gasteiger partial charge in [-0.2, -0.15) is 5.26 Å². The number of benzene rings is 2. The molecule has 0 radical (unpaired) electrons. The summed E-state index contributed by atoms with van der Waals surface area (Å²) in [5.74, 6) is 0.567. The standard InChI is InChI=1S/C26H25N5O3S/c1-17(2)31-23-15-20(34-25-28-13-4-14-29-25)9-10-21(23)22(16-27)24(31)18-5-7-19(8-6-18)30-35(32,33)26(3)11-12-26/h4-10,13-15,17,30H,11-12H2,1-3H3. The minimum absolute atomic E-state index is 0.0471. The molecule has 1 aliphatic rings. The van der Waals surface area contributed by atoms with Crippen LogP contribution in [0.2, 0.25) is 0 Å². The summed E-state index contributed by atoms with van der Waals surface area (Å²) in [5, 5.41) is 10.9. The van der Waals surface area contributed by atoms with Gasteiger partial charge in [0.1, 0.15) is 11.8 Å². The highest BCUT2D eigenvalue weighted by Crippen LogP contribution is 2.44. The molecule has 8 nitrogen and oxygen atoms in total. The number of nitrogens with one attached hydrogen (secondary N) is 1. The zero-order valence-corrected chi connectivity index (χ0v) is 20.5. The van der Waals surface area contributed by atoms with Gasteiger partial charge in [0.2, 0.25) is 10.0 Å². The number of anilines is 1. The van der Waals surface area contributed by atoms with E-state index < -0.39 is 14.8 Å². The maximum atomic E-state index is 12.6. The Bertz CT molecular complexity index is 1550. The first kappa shape index (κ1) is 22.9. The Labute approximate surface area is 204 Å². The molecule has 2 aromatic heterocycles. The van der Waals surface area contributed by atoms with Crippen LogP contribution >= 0.6 is 0 Å². The van der Waals surface area contributed by atoms with Gasteiger partial charge in [0, 0.05) is 35.6 Å². The van der Waals surface area contributed by atoms with E-state index in [2.05, 4.69) is 39.2 Å². The van der Waals surface area contributed by atoms with E-state index in [0.29, 0.717) is 29.8 Å². The van der Waals surface area contributed by atoms with Gasteiger partial charge in [0.25, 0.3) is 0 Å². The average Bonchev–Trinajstić information content (AvgIpc) is 3.51. The summed E-state index contributed by atoms with van der Waals surface area (Å²) in [6, 6.07) is 17.1. The fraction of sp³-hybridized carbons (Fsp3) is 0.269. The lowest BCUT2D eigenvalue weighted by atomic mass is 10.1. The lowest BCUT2D eigenvalue weighted by Gasteiger charge is -2.16. The van der Waals surface area contributed by atoms with Gasteiger partial charge >= 0.3 is 6.01 Å². The van der Waals surface area contributed by atoms with Gasteiger partial charge in [-0.3, -0.25) is 4.72 Å². The Morgan fingerprint density at radius 1 is 1.11 bits per heavy atom. The lowest BCUT2D eigenvalue weighted by Crippen LogP contribution is -2.26. The van der Waals surface area contributed by atoms with Crippen LogP contribution in [0.15, 0.2) is 60.9 Å². The van der Waals surface area contributed by atoms with E-state index in [1.54, 1.807) is 43.6 Å². The number of aromatic nitrogens is 3. The van der Waals surface area contributed by atoms with Crippen LogP contribution in [0, 0.1) is 11.3 Å². The Balaban J connectivity index is 1.56. The van der Waals surface area contributed by atoms with E-state index in [9.17, 15) is 13.7 Å². The molecule has 0 aliphatic heterocycles. The molecule has 4 aromatic rings. The molecule has 0 atom stereocenters. The molecule has 2 aromatic carbocycles. The SMILES string of the molecule is CC(C)n1c(-c2ccc(NS(=O)(=O)C3(C)CC3)cc2)c(C#N)c2ccc(Oc3ncccn3)cc21. The Morgan fingerprint density at radius 2 is 1.80 bits per heavy atom. The minimum Gasteiger partial charge on any atom is -0.424 e. The summed E-state index contributed by atoms with van der Waals surface area (Å²) in [5.41, 5.74) is 3.50. The van der Waals surface area contributed by atoms with Crippen molar-refractivity contribution in [3.05, 3.63) is 66.5 Å². The maximum absolute atomic E-state index is 12.6. The third-order valence-corrected chi connectivity index (χ3v) is 8.58. The number of sulfonamides is 1. The van der Waals surface area contributed by atoms with Crippen molar-refractivity contribution in [3.8, 4) is 29.1 Å². The number of nitrogens with zero attached hydrogens (tertiary/aromatic N) is 4. The highest BCUT2D eigenvalue weighted by atomic mass is 32.2. The predicted octanol–water partition coefficient (Wildman–Crippen LogP) is 5.64. The summed E-state index contributed by atoms with van der Waals surface area (Å²) in [7, 11) is -3.43. The molecule has 1 saturated carbocycles. The summed E-state index contributed by atoms with van der Waals surface area (Å²) < 4.78 is 35.1. The van der Waals surface area contributed by atoms with Crippen molar-refractivity contribution in [2.45, 2.75) is 44.4 Å². The van der Waals surface area contributed by atoms with Crippen molar-refractivity contribution in [1.29, 1.82) is 5.26 Å². The fourth-order valence-corrected chi connectivity index (χ4v) is 5.48. The summed E-state index contributed by atoms with van der Waals surface area (Å²) in [6.07, 6.45) is 4.56. The van der Waals surface area contributed by atoms with Crippen LogP contribution in [-0.2, 0) is 10.0 Å². The highest BCUT2D eigenvalue weighted by molar-refractivity contribution is 7.94. The molecule has 0 spiro atoms. The number of rotatable bonds is 7. The van der Waals surface area contributed by atoms with E-state index in [4.69, 9.17) is 4.74 Å². The third kappa shape index (κ3) is 4.10. The van der Waals surface area contributed by atoms with Crippen molar-refractivity contribution >= 4 is 26.6 Å². The molecule has 0 bridgehead atoms. The van der Waals surface area contributed by atoms with Crippen molar-refractivity contribution in [2.75, 3.05) is 4.72 Å². The lowest BCUT2D eigenvalue weighted by molar-refractivity contribution is 0.442. The number of nitriles is 1. The Morgan fingerprint density at radius 3 is 2.40 bits per heavy atom. The van der Waals surface area contributed by atoms with Gasteiger partial charge in [0.05, 0.1) is 21.5 Å². The highest BCUT2D eigenvalue weighted by Gasteiger charge is 2.50. The van der Waals surface area contributed by atoms with Crippen LogP contribution in [0.25, 0.3) is 22.2 Å². The largest absolute Gasteiger partial charge is 0.424 e. The van der Waals surface area contributed by atoms with Crippen LogP contribution in [0.1, 0.15) is 45.2 Å². The minimum atomic E-state index is -3.43. The first-order valence-electron chi connectivity index (χ1n) is 11.4. The monoisotopic (exact) mass is 487 g/mol. The van der Waals surface area contributed by atoms with Gasteiger partial charge < -0.3 is 9.30 Å². The van der Waals surface area contributed by atoms with E-state index in [-0.39, 0.29) is 12.1 Å². The van der Waals surface area contributed by atoms with Gasteiger partial charge in [-0.15, -0.1) is 0 Å². The third-order valence-electron chi connectivity index (χ3n) is 6.37. The summed E-state index contributed by atoms with van der Waals surface area (Å²) in [4.78, 5) is 8.22. The average molecular weight is 488 g/mol. The topological polar surface area (TPSA) is 110 Å². The first-order chi connectivity index (χ1) is 16.7. The molecule has 1 aliphatic carbocycles. The first-order valence-corrected chi connectivity index (χ1v) is 12.9. The molecule has 2 heterocycles. The second kappa shape index (κ2) is 8.40. The molecule has 9 heteroatoms. The molecule has 5 rings (SSSR count). The Hall–Kier alpha value is -3.90. The van der Waals surface area contributed by atoms with Crippen molar-refractivity contribution in [1.82, 2.24) is 14.5 Å². The van der Waals surface area contributed by atoms with E-state index in [1.807, 2.05) is 24.3 Å². The van der Waals surface area contributed by atoms with Crippen LogP contribution in [0.4, 0.5) is 5.69 Å². The smallest absolute Gasteiger partial charge is 0.321 e. The molecular weight excluding hydrogens is 462 g/mol. The molecule has 1 N–H and O–H groups in total. The molecule has 0 unspecified atom stereocenters. The molecule has 0 saturated heterocycles. The maximum Gasteiger partial charge on any atom is 0.321 e. The van der Waals surface area contributed by atoms with Crippen LogP contribution in [-0.4, -0.2) is 27.7 Å².